The maximum Gasteiger partial charge on any atom is 0.358 e. The predicted molar refractivity (Wildman–Crippen MR) is 72.5 cm³/mol. The van der Waals surface area contributed by atoms with Crippen molar-refractivity contribution in [3.8, 4) is 10.4 Å². The lowest BCUT2D eigenvalue weighted by Gasteiger charge is -2.07. The Morgan fingerprint density at radius 1 is 1.33 bits per heavy atom. The third kappa shape index (κ3) is 2.68. The van der Waals surface area contributed by atoms with Crippen molar-refractivity contribution in [2.45, 2.75) is 20.0 Å². The summed E-state index contributed by atoms with van der Waals surface area (Å²) in [5.41, 5.74) is 6.89. The fourth-order valence-electron chi connectivity index (χ4n) is 1.53. The first-order valence-corrected chi connectivity index (χ1v) is 6.42. The van der Waals surface area contributed by atoms with Gasteiger partial charge in [-0.05, 0) is 19.4 Å². The number of benzene rings is 1. The summed E-state index contributed by atoms with van der Waals surface area (Å²) in [7, 11) is 0. The molecule has 1 aromatic heterocycles. The van der Waals surface area contributed by atoms with E-state index in [1.165, 1.54) is 11.3 Å². The quantitative estimate of drug-likeness (QED) is 0.864. The van der Waals surface area contributed by atoms with Gasteiger partial charge in [-0.25, -0.2) is 9.78 Å². The van der Waals surface area contributed by atoms with E-state index < -0.39 is 5.97 Å². The number of anilines is 1. The van der Waals surface area contributed by atoms with Crippen molar-refractivity contribution in [3.63, 3.8) is 0 Å². The van der Waals surface area contributed by atoms with Crippen molar-refractivity contribution >= 4 is 22.4 Å². The Kier molecular flexibility index (Phi) is 3.62. The largest absolute Gasteiger partial charge is 0.458 e. The van der Waals surface area contributed by atoms with E-state index in [0.29, 0.717) is 5.13 Å². The van der Waals surface area contributed by atoms with Gasteiger partial charge in [-0.1, -0.05) is 41.7 Å². The number of nitrogen functional groups attached to an aromatic ring is 1. The van der Waals surface area contributed by atoms with E-state index in [1.54, 1.807) is 13.8 Å². The van der Waals surface area contributed by atoms with Gasteiger partial charge in [0.15, 0.2) is 10.8 Å². The molecule has 1 aromatic carbocycles. The van der Waals surface area contributed by atoms with Crippen LogP contribution < -0.4 is 5.73 Å². The van der Waals surface area contributed by atoms with Crippen LogP contribution in [0.1, 0.15) is 24.3 Å². The van der Waals surface area contributed by atoms with Crippen LogP contribution in [0, 0.1) is 0 Å². The van der Waals surface area contributed by atoms with Crippen molar-refractivity contribution in [2.24, 2.45) is 0 Å². The molecule has 0 bridgehead atoms. The van der Waals surface area contributed by atoms with E-state index in [0.717, 1.165) is 10.4 Å². The van der Waals surface area contributed by atoms with Gasteiger partial charge >= 0.3 is 5.97 Å². The van der Waals surface area contributed by atoms with Crippen LogP contribution in [0.3, 0.4) is 0 Å². The molecule has 1 heterocycles. The molecule has 2 aromatic rings. The number of hydrogen-bond acceptors (Lipinski definition) is 5. The molecule has 0 atom stereocenters. The lowest BCUT2D eigenvalue weighted by molar-refractivity contribution is 0.0373. The topological polar surface area (TPSA) is 65.2 Å². The number of thiazole rings is 1. The number of ether oxygens (including phenoxy) is 1. The molecular weight excluding hydrogens is 248 g/mol. The van der Waals surface area contributed by atoms with Crippen molar-refractivity contribution in [1.82, 2.24) is 4.98 Å². The van der Waals surface area contributed by atoms with Gasteiger partial charge in [0.05, 0.1) is 11.0 Å². The predicted octanol–water partition coefficient (Wildman–Crippen LogP) is 2.96. The number of esters is 1. The summed E-state index contributed by atoms with van der Waals surface area (Å²) in [6.45, 7) is 3.60. The fraction of sp³-hybridized carbons (Fsp3) is 0.231. The molecule has 0 fully saturated rings. The number of carbonyl (C=O) groups excluding carboxylic acids is 1. The number of hydrogen-bond donors (Lipinski definition) is 1. The van der Waals surface area contributed by atoms with Crippen LogP contribution in [0.2, 0.25) is 0 Å². The summed E-state index contributed by atoms with van der Waals surface area (Å²) in [6, 6.07) is 9.56. The molecule has 2 N–H and O–H groups in total. The molecule has 4 nitrogen and oxygen atoms in total. The van der Waals surface area contributed by atoms with E-state index in [2.05, 4.69) is 4.98 Å². The van der Waals surface area contributed by atoms with Gasteiger partial charge in [-0.3, -0.25) is 0 Å². The Hall–Kier alpha value is -1.88. The lowest BCUT2D eigenvalue weighted by atomic mass is 10.1. The summed E-state index contributed by atoms with van der Waals surface area (Å²) in [5, 5.41) is 0.365. The highest BCUT2D eigenvalue weighted by Gasteiger charge is 2.20. The number of carbonyl (C=O) groups is 1. The maximum atomic E-state index is 11.9. The molecule has 0 saturated carbocycles. The first-order valence-electron chi connectivity index (χ1n) is 5.60. The first-order chi connectivity index (χ1) is 8.58. The Balaban J connectivity index is 2.40. The zero-order valence-electron chi connectivity index (χ0n) is 10.2. The van der Waals surface area contributed by atoms with E-state index in [-0.39, 0.29) is 11.8 Å². The molecule has 2 rings (SSSR count). The van der Waals surface area contributed by atoms with Crippen LogP contribution in [0.25, 0.3) is 10.4 Å². The minimum Gasteiger partial charge on any atom is -0.458 e. The minimum atomic E-state index is -0.434. The third-order valence-electron chi connectivity index (χ3n) is 2.22. The first kappa shape index (κ1) is 12.6. The second kappa shape index (κ2) is 5.18. The molecule has 0 unspecified atom stereocenters. The fourth-order valence-corrected chi connectivity index (χ4v) is 2.36. The maximum absolute atomic E-state index is 11.9. The lowest BCUT2D eigenvalue weighted by Crippen LogP contribution is -2.12. The van der Waals surface area contributed by atoms with Crippen molar-refractivity contribution in [2.75, 3.05) is 5.73 Å². The van der Waals surface area contributed by atoms with E-state index in [1.807, 2.05) is 30.3 Å². The monoisotopic (exact) mass is 262 g/mol. The van der Waals surface area contributed by atoms with Gasteiger partial charge in [-0.15, -0.1) is 0 Å². The summed E-state index contributed by atoms with van der Waals surface area (Å²) in [5.74, 6) is -0.434. The molecule has 94 valence electrons. The van der Waals surface area contributed by atoms with Crippen LogP contribution in [0.5, 0.6) is 0 Å². The van der Waals surface area contributed by atoms with Gasteiger partial charge in [0, 0.05) is 0 Å². The van der Waals surface area contributed by atoms with Crippen LogP contribution in [0.4, 0.5) is 5.13 Å². The number of nitrogens with two attached hydrogens (primary N) is 1. The van der Waals surface area contributed by atoms with Gasteiger partial charge in [0.25, 0.3) is 0 Å². The molecule has 0 spiro atoms. The van der Waals surface area contributed by atoms with Crippen LogP contribution in [-0.4, -0.2) is 17.1 Å². The summed E-state index contributed by atoms with van der Waals surface area (Å²) in [6.07, 6.45) is -0.177. The Bertz CT molecular complexity index is 549. The molecule has 0 aliphatic heterocycles. The zero-order chi connectivity index (χ0) is 13.1. The summed E-state index contributed by atoms with van der Waals surface area (Å²) < 4.78 is 5.16. The van der Waals surface area contributed by atoms with E-state index >= 15 is 0 Å². The molecule has 0 aliphatic carbocycles. The number of nitrogens with zero attached hydrogens (tertiary/aromatic N) is 1. The van der Waals surface area contributed by atoms with Crippen LogP contribution in [-0.2, 0) is 4.74 Å². The summed E-state index contributed by atoms with van der Waals surface area (Å²) in [4.78, 5) is 16.7. The second-order valence-corrected chi connectivity index (χ2v) is 5.08. The normalized spacial score (nSPS) is 10.6. The van der Waals surface area contributed by atoms with Crippen LogP contribution >= 0.6 is 11.3 Å². The SMILES string of the molecule is CC(C)OC(=O)c1nc(N)sc1-c1ccccc1. The zero-order valence-corrected chi connectivity index (χ0v) is 11.0. The van der Waals surface area contributed by atoms with Crippen molar-refractivity contribution in [3.05, 3.63) is 36.0 Å². The van der Waals surface area contributed by atoms with Gasteiger partial charge in [-0.2, -0.15) is 0 Å². The highest BCUT2D eigenvalue weighted by molar-refractivity contribution is 7.19. The highest BCUT2D eigenvalue weighted by atomic mass is 32.1. The highest BCUT2D eigenvalue weighted by Crippen LogP contribution is 2.32. The molecular formula is C13H14N2O2S. The van der Waals surface area contributed by atoms with Crippen molar-refractivity contribution < 1.29 is 9.53 Å². The Morgan fingerprint density at radius 3 is 2.61 bits per heavy atom. The molecule has 0 saturated heterocycles. The Morgan fingerprint density at radius 2 is 2.00 bits per heavy atom. The Labute approximate surface area is 109 Å². The third-order valence-corrected chi connectivity index (χ3v) is 3.15. The average Bonchev–Trinajstić information content (AvgIpc) is 2.72. The molecule has 0 amide bonds. The minimum absolute atomic E-state index is 0.177. The van der Waals surface area contributed by atoms with E-state index in [4.69, 9.17) is 10.5 Å². The van der Waals surface area contributed by atoms with Gasteiger partial charge < -0.3 is 10.5 Å². The van der Waals surface area contributed by atoms with Gasteiger partial charge in [0.2, 0.25) is 0 Å². The smallest absolute Gasteiger partial charge is 0.358 e. The summed E-state index contributed by atoms with van der Waals surface area (Å²) >= 11 is 1.29. The van der Waals surface area contributed by atoms with Gasteiger partial charge in [0.1, 0.15) is 0 Å². The van der Waals surface area contributed by atoms with E-state index in [9.17, 15) is 4.79 Å². The molecule has 0 radical (unpaired) electrons. The molecule has 18 heavy (non-hydrogen) atoms. The molecule has 5 heteroatoms. The number of aromatic nitrogens is 1. The molecule has 0 aliphatic rings. The second-order valence-electron chi connectivity index (χ2n) is 4.05. The van der Waals surface area contributed by atoms with Crippen molar-refractivity contribution in [1.29, 1.82) is 0 Å². The average molecular weight is 262 g/mol. The van der Waals surface area contributed by atoms with Crippen LogP contribution in [0.15, 0.2) is 30.3 Å². The number of rotatable bonds is 3. The standard InChI is InChI=1S/C13H14N2O2S/c1-8(2)17-12(16)10-11(18-13(14)15-10)9-6-4-3-5-7-9/h3-8H,1-2H3,(H2,14,15).